The molecule has 1 aliphatic rings. The molecule has 0 amide bonds. The number of aromatic nitrogens is 2. The molecule has 0 radical (unpaired) electrons. The second-order valence-electron chi connectivity index (χ2n) is 5.79. The summed E-state index contributed by atoms with van der Waals surface area (Å²) < 4.78 is 0. The zero-order chi connectivity index (χ0) is 13.7. The minimum atomic E-state index is 0.647. The monoisotopic (exact) mass is 262 g/mol. The third kappa shape index (κ3) is 4.78. The van der Waals surface area contributed by atoms with Crippen molar-refractivity contribution in [2.45, 2.75) is 40.0 Å². The zero-order valence-corrected chi connectivity index (χ0v) is 12.4. The van der Waals surface area contributed by atoms with Crippen LogP contribution in [0.2, 0.25) is 0 Å². The Hall–Kier alpha value is -1.16. The number of hydrogen-bond acceptors (Lipinski definition) is 4. The lowest BCUT2D eigenvalue weighted by atomic mass is 10.1. The normalized spacial score (nSPS) is 18.3. The van der Waals surface area contributed by atoms with Crippen LogP contribution in [0.5, 0.6) is 0 Å². The second-order valence-corrected chi connectivity index (χ2v) is 5.79. The first-order valence-electron chi connectivity index (χ1n) is 7.42. The van der Waals surface area contributed by atoms with Crippen molar-refractivity contribution >= 4 is 5.82 Å². The van der Waals surface area contributed by atoms with Gasteiger partial charge in [0.2, 0.25) is 0 Å². The first-order chi connectivity index (χ1) is 9.13. The van der Waals surface area contributed by atoms with E-state index in [1.54, 1.807) is 0 Å². The van der Waals surface area contributed by atoms with Gasteiger partial charge in [0.1, 0.15) is 11.6 Å². The number of hydrogen-bond donors (Lipinski definition) is 1. The molecule has 106 valence electrons. The maximum absolute atomic E-state index is 4.42. The smallest absolute Gasteiger partial charge is 0.129 e. The number of aryl methyl sites for hydroxylation is 2. The molecule has 1 unspecified atom stereocenters. The largest absolute Gasteiger partial charge is 0.370 e. The lowest BCUT2D eigenvalue weighted by molar-refractivity contribution is 0.204. The van der Waals surface area contributed by atoms with E-state index in [-0.39, 0.29) is 0 Å². The van der Waals surface area contributed by atoms with E-state index in [1.807, 2.05) is 19.9 Å². The molecule has 1 aliphatic heterocycles. The number of piperidine rings is 1. The molecular formula is C15H26N4. The average molecular weight is 262 g/mol. The SMILES string of the molecule is Cc1cc(NCC(C)CN2CCCCC2)nc(C)n1. The fourth-order valence-corrected chi connectivity index (χ4v) is 2.73. The summed E-state index contributed by atoms with van der Waals surface area (Å²) in [7, 11) is 0. The maximum Gasteiger partial charge on any atom is 0.129 e. The van der Waals surface area contributed by atoms with Gasteiger partial charge < -0.3 is 10.2 Å². The van der Waals surface area contributed by atoms with Crippen LogP contribution in [0.15, 0.2) is 6.07 Å². The number of rotatable bonds is 5. The molecule has 1 fully saturated rings. The van der Waals surface area contributed by atoms with Crippen LogP contribution in [-0.2, 0) is 0 Å². The molecule has 2 rings (SSSR count). The Morgan fingerprint density at radius 2 is 1.95 bits per heavy atom. The molecule has 2 heterocycles. The molecule has 1 aromatic rings. The topological polar surface area (TPSA) is 41.0 Å². The molecule has 4 heteroatoms. The van der Waals surface area contributed by atoms with Crippen LogP contribution >= 0.6 is 0 Å². The number of nitrogens with one attached hydrogen (secondary N) is 1. The predicted octanol–water partition coefficient (Wildman–Crippen LogP) is 2.63. The van der Waals surface area contributed by atoms with Gasteiger partial charge in [-0.2, -0.15) is 0 Å². The highest BCUT2D eigenvalue weighted by molar-refractivity contribution is 5.35. The maximum atomic E-state index is 4.42. The van der Waals surface area contributed by atoms with Crippen molar-refractivity contribution in [2.75, 3.05) is 31.5 Å². The minimum Gasteiger partial charge on any atom is -0.370 e. The Kier molecular flexibility index (Phi) is 5.14. The molecule has 0 aromatic carbocycles. The van der Waals surface area contributed by atoms with Crippen molar-refractivity contribution in [1.29, 1.82) is 0 Å². The van der Waals surface area contributed by atoms with Crippen LogP contribution in [-0.4, -0.2) is 41.0 Å². The van der Waals surface area contributed by atoms with Crippen LogP contribution < -0.4 is 5.32 Å². The van der Waals surface area contributed by atoms with Crippen LogP contribution in [0, 0.1) is 19.8 Å². The van der Waals surface area contributed by atoms with Gasteiger partial charge in [-0.25, -0.2) is 9.97 Å². The molecule has 0 spiro atoms. The Balaban J connectivity index is 1.77. The van der Waals surface area contributed by atoms with Crippen molar-refractivity contribution in [3.05, 3.63) is 17.6 Å². The average Bonchev–Trinajstić information content (AvgIpc) is 2.36. The second kappa shape index (κ2) is 6.85. The molecule has 0 bridgehead atoms. The van der Waals surface area contributed by atoms with Gasteiger partial charge in [-0.05, 0) is 45.7 Å². The van der Waals surface area contributed by atoms with E-state index in [0.29, 0.717) is 5.92 Å². The molecule has 1 atom stereocenters. The third-order valence-corrected chi connectivity index (χ3v) is 3.62. The fourth-order valence-electron chi connectivity index (χ4n) is 2.73. The lowest BCUT2D eigenvalue weighted by Crippen LogP contribution is -2.35. The molecule has 1 saturated heterocycles. The Labute approximate surface area is 116 Å². The highest BCUT2D eigenvalue weighted by Gasteiger charge is 2.13. The summed E-state index contributed by atoms with van der Waals surface area (Å²) in [6, 6.07) is 2.01. The molecule has 19 heavy (non-hydrogen) atoms. The summed E-state index contributed by atoms with van der Waals surface area (Å²) >= 11 is 0. The first-order valence-corrected chi connectivity index (χ1v) is 7.42. The molecule has 1 aromatic heterocycles. The van der Waals surface area contributed by atoms with Crippen LogP contribution in [0.25, 0.3) is 0 Å². The van der Waals surface area contributed by atoms with Crippen molar-refractivity contribution in [3.63, 3.8) is 0 Å². The van der Waals surface area contributed by atoms with Crippen molar-refractivity contribution < 1.29 is 0 Å². The van der Waals surface area contributed by atoms with Gasteiger partial charge >= 0.3 is 0 Å². The summed E-state index contributed by atoms with van der Waals surface area (Å²) in [5.74, 6) is 2.44. The van der Waals surface area contributed by atoms with E-state index < -0.39 is 0 Å². The Bertz CT molecular complexity index is 379. The van der Waals surface area contributed by atoms with E-state index in [0.717, 1.165) is 23.9 Å². The summed E-state index contributed by atoms with van der Waals surface area (Å²) in [4.78, 5) is 11.3. The summed E-state index contributed by atoms with van der Waals surface area (Å²) in [5, 5.41) is 3.44. The van der Waals surface area contributed by atoms with E-state index in [2.05, 4.69) is 27.1 Å². The highest BCUT2D eigenvalue weighted by Crippen LogP contribution is 2.12. The summed E-state index contributed by atoms with van der Waals surface area (Å²) in [6.45, 7) is 11.0. The Morgan fingerprint density at radius 1 is 1.21 bits per heavy atom. The van der Waals surface area contributed by atoms with Crippen molar-refractivity contribution in [2.24, 2.45) is 5.92 Å². The quantitative estimate of drug-likeness (QED) is 0.885. The molecule has 1 N–H and O–H groups in total. The van der Waals surface area contributed by atoms with Gasteiger partial charge in [0.25, 0.3) is 0 Å². The van der Waals surface area contributed by atoms with E-state index >= 15 is 0 Å². The van der Waals surface area contributed by atoms with Gasteiger partial charge in [0.05, 0.1) is 0 Å². The standard InChI is InChI=1S/C15H26N4/c1-12(11-19-7-5-4-6-8-19)10-16-15-9-13(2)17-14(3)18-15/h9,12H,4-8,10-11H2,1-3H3,(H,16,17,18). The van der Waals surface area contributed by atoms with E-state index in [9.17, 15) is 0 Å². The number of nitrogens with zero attached hydrogens (tertiary/aromatic N) is 3. The van der Waals surface area contributed by atoms with Crippen molar-refractivity contribution in [1.82, 2.24) is 14.9 Å². The molecule has 0 aliphatic carbocycles. The lowest BCUT2D eigenvalue weighted by Gasteiger charge is -2.29. The molecule has 4 nitrogen and oxygen atoms in total. The summed E-state index contributed by atoms with van der Waals surface area (Å²) in [6.07, 6.45) is 4.14. The van der Waals surface area contributed by atoms with Gasteiger partial charge in [-0.1, -0.05) is 13.3 Å². The van der Waals surface area contributed by atoms with Crippen LogP contribution in [0.1, 0.15) is 37.7 Å². The Morgan fingerprint density at radius 3 is 2.63 bits per heavy atom. The van der Waals surface area contributed by atoms with Gasteiger partial charge in [-0.15, -0.1) is 0 Å². The molecular weight excluding hydrogens is 236 g/mol. The minimum absolute atomic E-state index is 0.647. The van der Waals surface area contributed by atoms with Crippen molar-refractivity contribution in [3.8, 4) is 0 Å². The van der Waals surface area contributed by atoms with Gasteiger partial charge in [-0.3, -0.25) is 0 Å². The van der Waals surface area contributed by atoms with E-state index in [4.69, 9.17) is 0 Å². The van der Waals surface area contributed by atoms with E-state index in [1.165, 1.54) is 38.9 Å². The summed E-state index contributed by atoms with van der Waals surface area (Å²) in [5.41, 5.74) is 1.03. The number of anilines is 1. The van der Waals surface area contributed by atoms with Gasteiger partial charge in [0.15, 0.2) is 0 Å². The van der Waals surface area contributed by atoms with Gasteiger partial charge in [0, 0.05) is 24.8 Å². The van der Waals surface area contributed by atoms with Crippen LogP contribution in [0.3, 0.4) is 0 Å². The first kappa shape index (κ1) is 14.3. The fraction of sp³-hybridized carbons (Fsp3) is 0.733. The zero-order valence-electron chi connectivity index (χ0n) is 12.4. The number of likely N-dealkylation sites (tertiary alicyclic amines) is 1. The third-order valence-electron chi connectivity index (χ3n) is 3.62. The predicted molar refractivity (Wildman–Crippen MR) is 79.5 cm³/mol. The van der Waals surface area contributed by atoms with Crippen LogP contribution in [0.4, 0.5) is 5.82 Å². The highest BCUT2D eigenvalue weighted by atomic mass is 15.1. The molecule has 0 saturated carbocycles.